The number of rotatable bonds is 3. The monoisotopic (exact) mass is 341 g/mol. The summed E-state index contributed by atoms with van der Waals surface area (Å²) in [5.41, 5.74) is 0.452. The smallest absolute Gasteiger partial charge is 0.306 e. The zero-order valence-electron chi connectivity index (χ0n) is 11.5. The Labute approximate surface area is 136 Å². The number of amides is 2. The van der Waals surface area contributed by atoms with Crippen LogP contribution in [0.4, 0.5) is 0 Å². The molecule has 5 nitrogen and oxygen atoms in total. The van der Waals surface area contributed by atoms with Crippen molar-refractivity contribution in [1.29, 1.82) is 0 Å². The van der Waals surface area contributed by atoms with E-state index in [2.05, 4.69) is 0 Å². The number of imide groups is 1. The van der Waals surface area contributed by atoms with Crippen LogP contribution in [0.5, 0.6) is 0 Å². The number of nitrogens with zero attached hydrogens (tertiary/aromatic N) is 1. The molecule has 1 aliphatic heterocycles. The molecule has 1 heterocycles. The van der Waals surface area contributed by atoms with Gasteiger partial charge >= 0.3 is 5.97 Å². The lowest BCUT2D eigenvalue weighted by molar-refractivity contribution is -0.143. The fourth-order valence-corrected chi connectivity index (χ4v) is 3.59. The van der Waals surface area contributed by atoms with Gasteiger partial charge in [-0.3, -0.25) is 19.3 Å². The van der Waals surface area contributed by atoms with E-state index in [0.29, 0.717) is 12.8 Å². The molecule has 0 spiro atoms. The fourth-order valence-electron chi connectivity index (χ4n) is 3.26. The van der Waals surface area contributed by atoms with Gasteiger partial charge in [0, 0.05) is 6.54 Å². The molecule has 1 unspecified atom stereocenters. The lowest BCUT2D eigenvalue weighted by Crippen LogP contribution is -2.37. The van der Waals surface area contributed by atoms with Crippen LogP contribution in [0.15, 0.2) is 12.1 Å². The molecule has 2 amide bonds. The molecule has 116 valence electrons. The van der Waals surface area contributed by atoms with Crippen LogP contribution in [0.1, 0.15) is 40.0 Å². The standard InChI is InChI=1S/C15H13Cl2NO4/c16-11-4-9-10(5-12(11)17)14(20)18(13(9)19)6-7-2-1-3-8(7)15(21)22/h4-5,7-8H,1-3,6H2,(H,21,22)/t7-,8?/m0/s1. The number of halogens is 2. The molecule has 1 aromatic carbocycles. The highest BCUT2D eigenvalue weighted by molar-refractivity contribution is 6.43. The van der Waals surface area contributed by atoms with E-state index in [1.807, 2.05) is 0 Å². The maximum atomic E-state index is 12.4. The molecule has 1 saturated carbocycles. The van der Waals surface area contributed by atoms with Crippen molar-refractivity contribution in [2.24, 2.45) is 11.8 Å². The first-order valence-electron chi connectivity index (χ1n) is 6.98. The van der Waals surface area contributed by atoms with Gasteiger partial charge in [-0.2, -0.15) is 0 Å². The molecule has 0 saturated heterocycles. The number of aliphatic carboxylic acids is 1. The molecule has 0 bridgehead atoms. The van der Waals surface area contributed by atoms with E-state index < -0.39 is 23.7 Å². The van der Waals surface area contributed by atoms with Crippen LogP contribution in [-0.2, 0) is 4.79 Å². The van der Waals surface area contributed by atoms with E-state index in [4.69, 9.17) is 23.2 Å². The lowest BCUT2D eigenvalue weighted by Gasteiger charge is -2.21. The van der Waals surface area contributed by atoms with Gasteiger partial charge < -0.3 is 5.11 Å². The van der Waals surface area contributed by atoms with Gasteiger partial charge in [0.05, 0.1) is 27.1 Å². The average molecular weight is 342 g/mol. The predicted octanol–water partition coefficient (Wildman–Crippen LogP) is 3.09. The molecular formula is C15H13Cl2NO4. The molecule has 0 aromatic heterocycles. The highest BCUT2D eigenvalue weighted by atomic mass is 35.5. The zero-order valence-corrected chi connectivity index (χ0v) is 13.0. The third-order valence-electron chi connectivity index (χ3n) is 4.40. The highest BCUT2D eigenvalue weighted by Crippen LogP contribution is 2.36. The minimum absolute atomic E-state index is 0.124. The third-order valence-corrected chi connectivity index (χ3v) is 5.13. The van der Waals surface area contributed by atoms with Gasteiger partial charge in [-0.15, -0.1) is 0 Å². The summed E-state index contributed by atoms with van der Waals surface area (Å²) in [7, 11) is 0. The zero-order chi connectivity index (χ0) is 16.0. The molecular weight excluding hydrogens is 329 g/mol. The van der Waals surface area contributed by atoms with Gasteiger partial charge in [-0.1, -0.05) is 29.6 Å². The van der Waals surface area contributed by atoms with Crippen molar-refractivity contribution >= 4 is 41.0 Å². The van der Waals surface area contributed by atoms with Crippen molar-refractivity contribution in [3.63, 3.8) is 0 Å². The minimum atomic E-state index is -0.870. The number of fused-ring (bicyclic) bond motifs is 1. The molecule has 2 aliphatic rings. The van der Waals surface area contributed by atoms with E-state index in [1.165, 1.54) is 12.1 Å². The second-order valence-electron chi connectivity index (χ2n) is 5.67. The molecule has 0 radical (unpaired) electrons. The first-order valence-corrected chi connectivity index (χ1v) is 7.73. The lowest BCUT2D eigenvalue weighted by atomic mass is 9.95. The van der Waals surface area contributed by atoms with Crippen LogP contribution in [-0.4, -0.2) is 34.3 Å². The van der Waals surface area contributed by atoms with Crippen LogP contribution in [0.25, 0.3) is 0 Å². The van der Waals surface area contributed by atoms with Crippen LogP contribution in [0.2, 0.25) is 10.0 Å². The number of hydrogen-bond donors (Lipinski definition) is 1. The molecule has 7 heteroatoms. The van der Waals surface area contributed by atoms with Crippen molar-refractivity contribution in [1.82, 2.24) is 4.90 Å². The number of carboxylic acid groups (broad SMARTS) is 1. The topological polar surface area (TPSA) is 74.7 Å². The van der Waals surface area contributed by atoms with Gasteiger partial charge in [-0.25, -0.2) is 0 Å². The molecule has 2 atom stereocenters. The molecule has 1 N–H and O–H groups in total. The first-order chi connectivity index (χ1) is 10.4. The van der Waals surface area contributed by atoms with Crippen molar-refractivity contribution in [3.05, 3.63) is 33.3 Å². The van der Waals surface area contributed by atoms with E-state index in [-0.39, 0.29) is 33.6 Å². The van der Waals surface area contributed by atoms with Gasteiger partial charge in [0.25, 0.3) is 11.8 Å². The summed E-state index contributed by atoms with van der Waals surface area (Å²) in [6.07, 6.45) is 2.08. The predicted molar refractivity (Wildman–Crippen MR) is 80.3 cm³/mol. The van der Waals surface area contributed by atoms with Crippen molar-refractivity contribution in [3.8, 4) is 0 Å². The Kier molecular flexibility index (Phi) is 3.87. The Bertz CT molecular complexity index is 647. The van der Waals surface area contributed by atoms with E-state index in [0.717, 1.165) is 11.3 Å². The van der Waals surface area contributed by atoms with Gasteiger partial charge in [0.15, 0.2) is 0 Å². The summed E-state index contributed by atoms with van der Waals surface area (Å²) in [4.78, 5) is 37.1. The molecule has 22 heavy (non-hydrogen) atoms. The number of carbonyl (C=O) groups is 3. The quantitative estimate of drug-likeness (QED) is 0.857. The molecule has 1 aliphatic carbocycles. The average Bonchev–Trinajstić information content (AvgIpc) is 3.01. The number of hydrogen-bond acceptors (Lipinski definition) is 3. The summed E-state index contributed by atoms with van der Waals surface area (Å²) < 4.78 is 0. The largest absolute Gasteiger partial charge is 0.481 e. The summed E-state index contributed by atoms with van der Waals surface area (Å²) >= 11 is 11.8. The Balaban J connectivity index is 1.86. The van der Waals surface area contributed by atoms with E-state index in [1.54, 1.807) is 0 Å². The second-order valence-corrected chi connectivity index (χ2v) is 6.48. The summed E-state index contributed by atoms with van der Waals surface area (Å²) in [5, 5.41) is 9.64. The van der Waals surface area contributed by atoms with Crippen LogP contribution in [0, 0.1) is 11.8 Å². The van der Waals surface area contributed by atoms with E-state index >= 15 is 0 Å². The summed E-state index contributed by atoms with van der Waals surface area (Å²) in [6, 6.07) is 2.78. The van der Waals surface area contributed by atoms with Gasteiger partial charge in [-0.05, 0) is 30.9 Å². The van der Waals surface area contributed by atoms with Crippen LogP contribution in [0.3, 0.4) is 0 Å². The summed E-state index contributed by atoms with van der Waals surface area (Å²) in [5.74, 6) is -2.45. The maximum Gasteiger partial charge on any atom is 0.306 e. The molecule has 1 fully saturated rings. The Morgan fingerprint density at radius 1 is 1.14 bits per heavy atom. The number of benzene rings is 1. The summed E-state index contributed by atoms with van der Waals surface area (Å²) in [6.45, 7) is 0.124. The van der Waals surface area contributed by atoms with Gasteiger partial charge in [0.1, 0.15) is 0 Å². The van der Waals surface area contributed by atoms with Crippen molar-refractivity contribution in [2.75, 3.05) is 6.54 Å². The third kappa shape index (κ3) is 2.38. The first kappa shape index (κ1) is 15.3. The van der Waals surface area contributed by atoms with Crippen molar-refractivity contribution < 1.29 is 19.5 Å². The molecule has 3 rings (SSSR count). The number of carbonyl (C=O) groups excluding carboxylic acids is 2. The highest BCUT2D eigenvalue weighted by Gasteiger charge is 2.41. The molecule has 1 aromatic rings. The second kappa shape index (κ2) is 5.56. The minimum Gasteiger partial charge on any atom is -0.481 e. The SMILES string of the molecule is O=C(O)C1CCC[C@H]1CN1C(=O)c2cc(Cl)c(Cl)cc2C1=O. The Morgan fingerprint density at radius 3 is 2.18 bits per heavy atom. The number of carboxylic acids is 1. The van der Waals surface area contributed by atoms with Crippen LogP contribution < -0.4 is 0 Å². The Hall–Kier alpha value is -1.59. The fraction of sp³-hybridized carbons (Fsp3) is 0.400. The normalized spacial score (nSPS) is 24.0. The van der Waals surface area contributed by atoms with Crippen LogP contribution >= 0.6 is 23.2 Å². The Morgan fingerprint density at radius 2 is 1.68 bits per heavy atom. The van der Waals surface area contributed by atoms with Gasteiger partial charge in [0.2, 0.25) is 0 Å². The van der Waals surface area contributed by atoms with E-state index in [9.17, 15) is 19.5 Å². The maximum absolute atomic E-state index is 12.4. The van der Waals surface area contributed by atoms with Crippen molar-refractivity contribution in [2.45, 2.75) is 19.3 Å².